The molecule has 1 aliphatic rings. The van der Waals surface area contributed by atoms with E-state index in [9.17, 15) is 18.0 Å². The van der Waals surface area contributed by atoms with Crippen LogP contribution in [0, 0.1) is 0 Å². The van der Waals surface area contributed by atoms with E-state index in [0.717, 1.165) is 0 Å². The number of nitrogens with zero attached hydrogens (tertiary/aromatic N) is 2. The molecule has 0 fully saturated rings. The molecular formula is C22H27N3O6S. The number of nitrogens with one attached hydrogen (secondary N) is 1. The maximum Gasteiger partial charge on any atom is 0.265 e. The lowest BCUT2D eigenvalue weighted by molar-refractivity contribution is -0.123. The number of sulfonamides is 1. The molecule has 0 saturated carbocycles. The molecular weight excluding hydrogens is 434 g/mol. The van der Waals surface area contributed by atoms with Gasteiger partial charge in [-0.15, -0.1) is 0 Å². The lowest BCUT2D eigenvalue weighted by Gasteiger charge is -2.28. The zero-order valence-electron chi connectivity index (χ0n) is 18.3. The Hall–Kier alpha value is -3.11. The van der Waals surface area contributed by atoms with E-state index < -0.39 is 15.9 Å². The molecule has 0 spiro atoms. The number of benzene rings is 2. The average molecular weight is 462 g/mol. The van der Waals surface area contributed by atoms with Crippen molar-refractivity contribution in [2.45, 2.75) is 25.7 Å². The zero-order chi connectivity index (χ0) is 23.3. The van der Waals surface area contributed by atoms with Gasteiger partial charge >= 0.3 is 0 Å². The molecule has 2 aromatic carbocycles. The Balaban J connectivity index is 1.87. The first-order valence-corrected chi connectivity index (χ1v) is 11.8. The molecule has 0 saturated heterocycles. The maximum atomic E-state index is 12.9. The molecule has 1 heterocycles. The van der Waals surface area contributed by atoms with Crippen molar-refractivity contribution in [3.63, 3.8) is 0 Å². The van der Waals surface area contributed by atoms with Crippen LogP contribution in [0.15, 0.2) is 47.4 Å². The zero-order valence-corrected chi connectivity index (χ0v) is 19.1. The first-order valence-electron chi connectivity index (χ1n) is 10.4. The van der Waals surface area contributed by atoms with Crippen molar-refractivity contribution in [1.82, 2.24) is 4.31 Å². The van der Waals surface area contributed by atoms with Crippen LogP contribution in [0.2, 0.25) is 0 Å². The van der Waals surface area contributed by atoms with Gasteiger partial charge in [0.2, 0.25) is 15.9 Å². The molecule has 3 rings (SSSR count). The largest absolute Gasteiger partial charge is 0.492 e. The third-order valence-corrected chi connectivity index (χ3v) is 7.02. The summed E-state index contributed by atoms with van der Waals surface area (Å²) in [5.41, 5.74) is 0.723. The van der Waals surface area contributed by atoms with Crippen molar-refractivity contribution in [2.75, 3.05) is 43.1 Å². The number of amides is 2. The van der Waals surface area contributed by atoms with Gasteiger partial charge < -0.3 is 14.8 Å². The second-order valence-corrected chi connectivity index (χ2v) is 8.90. The van der Waals surface area contributed by atoms with Crippen molar-refractivity contribution >= 4 is 33.2 Å². The van der Waals surface area contributed by atoms with Crippen LogP contribution in [-0.4, -0.2) is 57.4 Å². The summed E-state index contributed by atoms with van der Waals surface area (Å²) in [6, 6.07) is 11.3. The van der Waals surface area contributed by atoms with Crippen LogP contribution in [-0.2, 0) is 19.6 Å². The Morgan fingerprint density at radius 3 is 2.56 bits per heavy atom. The summed E-state index contributed by atoms with van der Waals surface area (Å²) < 4.78 is 38.1. The van der Waals surface area contributed by atoms with Crippen LogP contribution in [0.25, 0.3) is 0 Å². The van der Waals surface area contributed by atoms with Gasteiger partial charge in [0.1, 0.15) is 18.0 Å². The van der Waals surface area contributed by atoms with Crippen molar-refractivity contribution in [3.05, 3.63) is 42.5 Å². The fourth-order valence-corrected chi connectivity index (χ4v) is 4.91. The number of hydrogen-bond acceptors (Lipinski definition) is 6. The fourth-order valence-electron chi connectivity index (χ4n) is 3.42. The lowest BCUT2D eigenvalue weighted by atomic mass is 10.2. The topological polar surface area (TPSA) is 105 Å². The molecule has 2 amide bonds. The summed E-state index contributed by atoms with van der Waals surface area (Å²) in [6.45, 7) is 5.88. The van der Waals surface area contributed by atoms with Gasteiger partial charge in [-0.25, -0.2) is 8.42 Å². The van der Waals surface area contributed by atoms with Crippen LogP contribution >= 0.6 is 0 Å². The fraction of sp³-hybridized carbons (Fsp3) is 0.364. The summed E-state index contributed by atoms with van der Waals surface area (Å²) in [5.74, 6) is 0.0189. The second-order valence-electron chi connectivity index (χ2n) is 6.96. The van der Waals surface area contributed by atoms with E-state index >= 15 is 0 Å². The van der Waals surface area contributed by atoms with E-state index in [0.29, 0.717) is 36.9 Å². The monoisotopic (exact) mass is 461 g/mol. The molecule has 0 bridgehead atoms. The third-order valence-electron chi connectivity index (χ3n) is 4.98. The quantitative estimate of drug-likeness (QED) is 0.615. The summed E-state index contributed by atoms with van der Waals surface area (Å²) >= 11 is 0. The van der Waals surface area contributed by atoms with Gasteiger partial charge in [0, 0.05) is 13.1 Å². The molecule has 1 aliphatic heterocycles. The van der Waals surface area contributed by atoms with Crippen molar-refractivity contribution in [3.8, 4) is 11.5 Å². The molecule has 0 radical (unpaired) electrons. The molecule has 0 aromatic heterocycles. The van der Waals surface area contributed by atoms with Crippen LogP contribution in [0.5, 0.6) is 11.5 Å². The van der Waals surface area contributed by atoms with Gasteiger partial charge in [0.15, 0.2) is 6.61 Å². The van der Waals surface area contributed by atoms with E-state index in [1.165, 1.54) is 27.4 Å². The van der Waals surface area contributed by atoms with Crippen LogP contribution < -0.4 is 19.7 Å². The molecule has 2 aromatic rings. The highest BCUT2D eigenvalue weighted by Gasteiger charge is 2.28. The summed E-state index contributed by atoms with van der Waals surface area (Å²) in [5, 5.41) is 2.70. The number of rotatable bonds is 9. The number of carbonyl (C=O) groups excluding carboxylic acids is 2. The highest BCUT2D eigenvalue weighted by atomic mass is 32.2. The van der Waals surface area contributed by atoms with Gasteiger partial charge in [-0.3, -0.25) is 14.5 Å². The minimum atomic E-state index is -3.72. The standard InChI is InChI=1S/C22H27N3O6S/c1-4-24(5-2)32(28,29)16-11-12-19(30-6-3)17(13-16)23-21(26)14-25-18-9-7-8-10-20(18)31-15-22(25)27/h7-13H,4-6,14-15H2,1-3H3,(H,23,26). The van der Waals surface area contributed by atoms with Crippen molar-refractivity contribution in [2.24, 2.45) is 0 Å². The molecule has 1 N–H and O–H groups in total. The summed E-state index contributed by atoms with van der Waals surface area (Å²) in [6.07, 6.45) is 0. The van der Waals surface area contributed by atoms with Crippen LogP contribution in [0.1, 0.15) is 20.8 Å². The molecule has 0 unspecified atom stereocenters. The smallest absolute Gasteiger partial charge is 0.265 e. The van der Waals surface area contributed by atoms with E-state index in [1.54, 1.807) is 45.0 Å². The average Bonchev–Trinajstić information content (AvgIpc) is 2.77. The Labute approximate surface area is 188 Å². The Morgan fingerprint density at radius 2 is 1.88 bits per heavy atom. The van der Waals surface area contributed by atoms with E-state index in [4.69, 9.17) is 9.47 Å². The first-order chi connectivity index (χ1) is 15.3. The van der Waals surface area contributed by atoms with Crippen LogP contribution in [0.4, 0.5) is 11.4 Å². The van der Waals surface area contributed by atoms with Gasteiger partial charge in [0.05, 0.1) is 22.9 Å². The number of ether oxygens (including phenoxy) is 2. The number of carbonyl (C=O) groups is 2. The Kier molecular flexibility index (Phi) is 7.37. The van der Waals surface area contributed by atoms with Crippen molar-refractivity contribution in [1.29, 1.82) is 0 Å². The molecule has 10 heteroatoms. The Bertz CT molecular complexity index is 1100. The number of fused-ring (bicyclic) bond motifs is 1. The predicted octanol–water partition coefficient (Wildman–Crippen LogP) is 2.48. The number of hydrogen-bond donors (Lipinski definition) is 1. The first kappa shape index (κ1) is 23.6. The predicted molar refractivity (Wildman–Crippen MR) is 121 cm³/mol. The van der Waals surface area contributed by atoms with E-state index in [2.05, 4.69) is 5.32 Å². The molecule has 9 nitrogen and oxygen atoms in total. The minimum Gasteiger partial charge on any atom is -0.492 e. The molecule has 0 atom stereocenters. The molecule has 0 aliphatic carbocycles. The maximum absolute atomic E-state index is 12.9. The number of para-hydroxylation sites is 2. The van der Waals surface area contributed by atoms with Gasteiger partial charge in [-0.05, 0) is 37.3 Å². The summed E-state index contributed by atoms with van der Waals surface area (Å²) in [7, 11) is -3.72. The van der Waals surface area contributed by atoms with E-state index in [-0.39, 0.29) is 29.6 Å². The minimum absolute atomic E-state index is 0.0488. The molecule has 172 valence electrons. The highest BCUT2D eigenvalue weighted by Crippen LogP contribution is 2.32. The lowest BCUT2D eigenvalue weighted by Crippen LogP contribution is -2.43. The molecule has 32 heavy (non-hydrogen) atoms. The Morgan fingerprint density at radius 1 is 1.16 bits per heavy atom. The van der Waals surface area contributed by atoms with E-state index in [1.807, 2.05) is 0 Å². The third kappa shape index (κ3) is 4.86. The van der Waals surface area contributed by atoms with Crippen molar-refractivity contribution < 1.29 is 27.5 Å². The summed E-state index contributed by atoms with van der Waals surface area (Å²) in [4.78, 5) is 26.6. The normalized spacial score (nSPS) is 13.5. The van der Waals surface area contributed by atoms with Crippen LogP contribution in [0.3, 0.4) is 0 Å². The van der Waals surface area contributed by atoms with Gasteiger partial charge in [-0.1, -0.05) is 26.0 Å². The number of anilines is 2. The SMILES string of the molecule is CCOc1ccc(S(=O)(=O)N(CC)CC)cc1NC(=O)CN1C(=O)COc2ccccc21. The highest BCUT2D eigenvalue weighted by molar-refractivity contribution is 7.89. The van der Waals surface area contributed by atoms with Gasteiger partial charge in [-0.2, -0.15) is 4.31 Å². The van der Waals surface area contributed by atoms with Gasteiger partial charge in [0.25, 0.3) is 5.91 Å². The second kappa shape index (κ2) is 10.0.